The molecule has 5 nitrogen and oxygen atoms in total. The van der Waals surface area contributed by atoms with Gasteiger partial charge in [0.05, 0.1) is 16.6 Å². The molecule has 0 amide bonds. The summed E-state index contributed by atoms with van der Waals surface area (Å²) >= 11 is 12.5. The van der Waals surface area contributed by atoms with E-state index in [-0.39, 0.29) is 5.92 Å². The summed E-state index contributed by atoms with van der Waals surface area (Å²) in [6, 6.07) is 30.9. The van der Waals surface area contributed by atoms with E-state index in [0.717, 1.165) is 46.9 Å². The second kappa shape index (κ2) is 11.7. The largest absolute Gasteiger partial charge is 0.478 e. The number of nitrogens with zero attached hydrogens (tertiary/aromatic N) is 2. The predicted molar refractivity (Wildman–Crippen MR) is 174 cm³/mol. The molecule has 43 heavy (non-hydrogen) atoms. The number of carboxylic acid groups (broad SMARTS) is 1. The third-order valence-corrected chi connectivity index (χ3v) is 9.49. The Bertz CT molecular complexity index is 1710. The SMILES string of the molecule is O=C(O)c1ccc(NC2CCC(n3c(C4CC4)nc4ccc(C(c5ccc(Cl)cc5)c5ccc(Cl)cc5)cc43)CC2)cc1. The van der Waals surface area contributed by atoms with Crippen LogP contribution in [-0.2, 0) is 0 Å². The monoisotopic (exact) mass is 609 g/mol. The summed E-state index contributed by atoms with van der Waals surface area (Å²) in [6.07, 6.45) is 6.64. The summed E-state index contributed by atoms with van der Waals surface area (Å²) in [6.45, 7) is 0. The van der Waals surface area contributed by atoms with Crippen LogP contribution in [0.25, 0.3) is 11.0 Å². The highest BCUT2D eigenvalue weighted by molar-refractivity contribution is 6.30. The molecule has 218 valence electrons. The number of aromatic carboxylic acids is 1. The topological polar surface area (TPSA) is 67.2 Å². The zero-order valence-electron chi connectivity index (χ0n) is 23.7. The van der Waals surface area contributed by atoms with E-state index in [1.54, 1.807) is 12.1 Å². The first-order chi connectivity index (χ1) is 20.9. The molecule has 7 rings (SSSR count). The number of nitrogens with one attached hydrogen (secondary N) is 1. The summed E-state index contributed by atoms with van der Waals surface area (Å²) in [5.41, 5.74) is 7.15. The maximum Gasteiger partial charge on any atom is 0.335 e. The van der Waals surface area contributed by atoms with E-state index >= 15 is 0 Å². The molecule has 0 bridgehead atoms. The highest BCUT2D eigenvalue weighted by atomic mass is 35.5. The Morgan fingerprint density at radius 1 is 0.767 bits per heavy atom. The lowest BCUT2D eigenvalue weighted by molar-refractivity contribution is 0.0697. The fourth-order valence-electron chi connectivity index (χ4n) is 6.63. The van der Waals surface area contributed by atoms with Gasteiger partial charge in [-0.05, 0) is 116 Å². The lowest BCUT2D eigenvalue weighted by Gasteiger charge is -2.32. The van der Waals surface area contributed by atoms with Crippen LogP contribution < -0.4 is 5.32 Å². The quantitative estimate of drug-likeness (QED) is 0.172. The van der Waals surface area contributed by atoms with E-state index in [1.807, 2.05) is 36.4 Å². The zero-order valence-corrected chi connectivity index (χ0v) is 25.2. The Balaban J connectivity index is 1.20. The van der Waals surface area contributed by atoms with Crippen molar-refractivity contribution in [2.45, 2.75) is 62.4 Å². The average Bonchev–Trinajstić information content (AvgIpc) is 3.80. The molecule has 2 N–H and O–H groups in total. The van der Waals surface area contributed by atoms with Gasteiger partial charge in [0, 0.05) is 39.7 Å². The van der Waals surface area contributed by atoms with Crippen molar-refractivity contribution in [1.29, 1.82) is 0 Å². The van der Waals surface area contributed by atoms with Crippen LogP contribution in [0.4, 0.5) is 5.69 Å². The summed E-state index contributed by atoms with van der Waals surface area (Å²) in [7, 11) is 0. The zero-order chi connectivity index (χ0) is 29.5. The molecule has 2 aliphatic carbocycles. The van der Waals surface area contributed by atoms with Gasteiger partial charge < -0.3 is 15.0 Å². The normalized spacial score (nSPS) is 18.7. The van der Waals surface area contributed by atoms with Crippen molar-refractivity contribution in [3.05, 3.63) is 129 Å². The maximum absolute atomic E-state index is 11.2. The number of anilines is 1. The summed E-state index contributed by atoms with van der Waals surface area (Å²) in [5, 5.41) is 14.3. The molecule has 4 aromatic carbocycles. The number of carboxylic acids is 1. The van der Waals surface area contributed by atoms with Crippen LogP contribution in [0, 0.1) is 0 Å². The number of aromatic nitrogens is 2. The fraction of sp³-hybridized carbons (Fsp3) is 0.278. The third kappa shape index (κ3) is 5.89. The highest BCUT2D eigenvalue weighted by Crippen LogP contribution is 2.45. The Morgan fingerprint density at radius 3 is 1.91 bits per heavy atom. The van der Waals surface area contributed by atoms with Gasteiger partial charge in [-0.3, -0.25) is 0 Å². The van der Waals surface area contributed by atoms with Crippen LogP contribution in [0.15, 0.2) is 91.0 Å². The summed E-state index contributed by atoms with van der Waals surface area (Å²) in [5.74, 6) is 0.922. The summed E-state index contributed by atoms with van der Waals surface area (Å²) in [4.78, 5) is 16.4. The minimum Gasteiger partial charge on any atom is -0.478 e. The van der Waals surface area contributed by atoms with Crippen molar-refractivity contribution in [2.75, 3.05) is 5.32 Å². The van der Waals surface area contributed by atoms with Gasteiger partial charge in [-0.1, -0.05) is 53.5 Å². The second-order valence-corrected chi connectivity index (χ2v) is 12.8. The summed E-state index contributed by atoms with van der Waals surface area (Å²) < 4.78 is 2.56. The second-order valence-electron chi connectivity index (χ2n) is 11.9. The van der Waals surface area contributed by atoms with E-state index in [4.69, 9.17) is 28.2 Å². The van der Waals surface area contributed by atoms with Crippen LogP contribution in [0.5, 0.6) is 0 Å². The molecule has 2 saturated carbocycles. The van der Waals surface area contributed by atoms with E-state index in [0.29, 0.717) is 23.6 Å². The van der Waals surface area contributed by atoms with Crippen molar-refractivity contribution in [2.24, 2.45) is 0 Å². The van der Waals surface area contributed by atoms with Crippen LogP contribution in [0.3, 0.4) is 0 Å². The molecule has 0 radical (unpaired) electrons. The maximum atomic E-state index is 11.2. The Hall–Kier alpha value is -3.80. The van der Waals surface area contributed by atoms with Crippen molar-refractivity contribution in [3.63, 3.8) is 0 Å². The minimum atomic E-state index is -0.901. The van der Waals surface area contributed by atoms with Gasteiger partial charge in [0.25, 0.3) is 0 Å². The van der Waals surface area contributed by atoms with Crippen molar-refractivity contribution < 1.29 is 9.90 Å². The molecule has 2 aliphatic rings. The lowest BCUT2D eigenvalue weighted by Crippen LogP contribution is -2.28. The lowest BCUT2D eigenvalue weighted by atomic mass is 9.85. The van der Waals surface area contributed by atoms with Crippen molar-refractivity contribution in [1.82, 2.24) is 9.55 Å². The first-order valence-corrected chi connectivity index (χ1v) is 15.8. The van der Waals surface area contributed by atoms with Gasteiger partial charge in [0.15, 0.2) is 0 Å². The molecule has 1 aromatic heterocycles. The molecule has 0 unspecified atom stereocenters. The molecule has 0 spiro atoms. The van der Waals surface area contributed by atoms with E-state index in [1.165, 1.54) is 40.9 Å². The molecule has 7 heteroatoms. The predicted octanol–water partition coefficient (Wildman–Crippen LogP) is 9.69. The first kappa shape index (κ1) is 28.0. The van der Waals surface area contributed by atoms with Crippen LogP contribution in [0.2, 0.25) is 10.0 Å². The highest BCUT2D eigenvalue weighted by Gasteiger charge is 2.34. The van der Waals surface area contributed by atoms with Crippen LogP contribution in [-0.4, -0.2) is 26.7 Å². The fourth-order valence-corrected chi connectivity index (χ4v) is 6.88. The third-order valence-electron chi connectivity index (χ3n) is 8.99. The number of carbonyl (C=O) groups is 1. The molecule has 0 atom stereocenters. The van der Waals surface area contributed by atoms with E-state index in [9.17, 15) is 9.90 Å². The van der Waals surface area contributed by atoms with Gasteiger partial charge in [-0.15, -0.1) is 0 Å². The Kier molecular flexibility index (Phi) is 7.62. The van der Waals surface area contributed by atoms with Gasteiger partial charge in [0.1, 0.15) is 5.82 Å². The number of rotatable bonds is 8. The van der Waals surface area contributed by atoms with E-state index < -0.39 is 5.97 Å². The van der Waals surface area contributed by atoms with E-state index in [2.05, 4.69) is 52.3 Å². The first-order valence-electron chi connectivity index (χ1n) is 15.1. The number of hydrogen-bond donors (Lipinski definition) is 2. The molecule has 1 heterocycles. The molecule has 0 saturated heterocycles. The smallest absolute Gasteiger partial charge is 0.335 e. The Morgan fingerprint density at radius 2 is 1.35 bits per heavy atom. The van der Waals surface area contributed by atoms with Crippen molar-refractivity contribution >= 4 is 45.9 Å². The van der Waals surface area contributed by atoms with Crippen molar-refractivity contribution in [3.8, 4) is 0 Å². The molecular formula is C36H33Cl2N3O2. The number of fused-ring (bicyclic) bond motifs is 1. The van der Waals surface area contributed by atoms with Gasteiger partial charge in [0.2, 0.25) is 0 Å². The molecular weight excluding hydrogens is 577 g/mol. The number of halogens is 2. The number of imidazole rings is 1. The van der Waals surface area contributed by atoms with Gasteiger partial charge in [-0.25, -0.2) is 9.78 Å². The molecule has 0 aliphatic heterocycles. The average molecular weight is 611 g/mol. The standard InChI is InChI=1S/C36H33Cl2N3O2/c37-27-10-3-22(4-11-27)34(23-5-12-28(38)13-6-23)26-9-20-32-33(21-26)41(35(40-32)24-1-2-24)31-18-16-30(17-19-31)39-29-14-7-25(8-15-29)36(42)43/h3-15,20-21,24,30-31,34,39H,1-2,16-19H2,(H,42,43). The van der Waals surface area contributed by atoms with Crippen LogP contribution in [0.1, 0.15) is 89.3 Å². The number of hydrogen-bond acceptors (Lipinski definition) is 3. The minimum absolute atomic E-state index is 0.0408. The molecule has 5 aromatic rings. The number of benzene rings is 4. The van der Waals surface area contributed by atoms with Gasteiger partial charge in [-0.2, -0.15) is 0 Å². The molecule has 2 fully saturated rings. The Labute approximate surface area is 261 Å². The van der Waals surface area contributed by atoms with Crippen LogP contribution >= 0.6 is 23.2 Å². The van der Waals surface area contributed by atoms with Gasteiger partial charge >= 0.3 is 5.97 Å².